The van der Waals surface area contributed by atoms with E-state index in [1.165, 1.54) is 17.5 Å². The van der Waals surface area contributed by atoms with Gasteiger partial charge in [-0.2, -0.15) is 0 Å². The SMILES string of the molecule is CC(=O)C[C@H](CCC(=O)CCCc1ccccc1)C(=O)N(N)CCc1ccccc1. The van der Waals surface area contributed by atoms with Gasteiger partial charge >= 0.3 is 0 Å². The summed E-state index contributed by atoms with van der Waals surface area (Å²) in [6.45, 7) is 1.84. The number of hydrazine groups is 1. The minimum atomic E-state index is -0.540. The number of hydrogen-bond acceptors (Lipinski definition) is 4. The van der Waals surface area contributed by atoms with Crippen LogP contribution in [0.5, 0.6) is 0 Å². The number of carbonyl (C=O) groups excluding carboxylic acids is 3. The van der Waals surface area contributed by atoms with E-state index in [1.807, 2.05) is 48.5 Å². The van der Waals surface area contributed by atoms with Crippen molar-refractivity contribution in [1.82, 2.24) is 5.01 Å². The number of rotatable bonds is 13. The Morgan fingerprint density at radius 3 is 2.00 bits per heavy atom. The number of nitrogens with zero attached hydrogens (tertiary/aromatic N) is 1. The van der Waals surface area contributed by atoms with Crippen LogP contribution in [0.1, 0.15) is 50.2 Å². The summed E-state index contributed by atoms with van der Waals surface area (Å²) in [6.07, 6.45) is 3.55. The van der Waals surface area contributed by atoms with Gasteiger partial charge in [-0.25, -0.2) is 5.84 Å². The first-order valence-corrected chi connectivity index (χ1v) is 10.6. The van der Waals surface area contributed by atoms with Gasteiger partial charge in [0.2, 0.25) is 5.91 Å². The molecule has 1 amide bonds. The van der Waals surface area contributed by atoms with E-state index in [-0.39, 0.29) is 23.9 Å². The monoisotopic (exact) mass is 408 g/mol. The molecule has 0 radical (unpaired) electrons. The number of amides is 1. The molecule has 0 aromatic heterocycles. The Morgan fingerprint density at radius 1 is 0.867 bits per heavy atom. The second-order valence-corrected chi connectivity index (χ2v) is 7.79. The Balaban J connectivity index is 1.79. The Morgan fingerprint density at radius 2 is 1.43 bits per heavy atom. The van der Waals surface area contributed by atoms with Crippen LogP contribution in [0.4, 0.5) is 0 Å². The molecule has 0 saturated carbocycles. The molecule has 5 heteroatoms. The average Bonchev–Trinajstić information content (AvgIpc) is 2.75. The zero-order valence-corrected chi connectivity index (χ0v) is 17.8. The van der Waals surface area contributed by atoms with Crippen LogP contribution in [-0.4, -0.2) is 29.0 Å². The van der Waals surface area contributed by atoms with Gasteiger partial charge in [0.05, 0.1) is 0 Å². The van der Waals surface area contributed by atoms with Crippen LogP contribution in [0.25, 0.3) is 0 Å². The summed E-state index contributed by atoms with van der Waals surface area (Å²) < 4.78 is 0. The zero-order chi connectivity index (χ0) is 21.8. The van der Waals surface area contributed by atoms with Gasteiger partial charge in [-0.1, -0.05) is 60.7 Å². The van der Waals surface area contributed by atoms with Crippen molar-refractivity contribution >= 4 is 17.5 Å². The first kappa shape index (κ1) is 23.5. The number of nitrogens with two attached hydrogens (primary N) is 1. The lowest BCUT2D eigenvalue weighted by Crippen LogP contribution is -2.43. The van der Waals surface area contributed by atoms with Crippen LogP contribution in [-0.2, 0) is 27.2 Å². The molecule has 0 bridgehead atoms. The van der Waals surface area contributed by atoms with Crippen molar-refractivity contribution in [2.45, 2.75) is 51.9 Å². The highest BCUT2D eigenvalue weighted by Gasteiger charge is 2.24. The largest absolute Gasteiger partial charge is 0.300 e. The predicted molar refractivity (Wildman–Crippen MR) is 118 cm³/mol. The summed E-state index contributed by atoms with van der Waals surface area (Å²) in [5, 5.41) is 1.19. The van der Waals surface area contributed by atoms with Gasteiger partial charge in [0.15, 0.2) is 0 Å². The fraction of sp³-hybridized carbons (Fsp3) is 0.400. The molecule has 0 aliphatic rings. The van der Waals surface area contributed by atoms with Crippen molar-refractivity contribution in [2.75, 3.05) is 6.54 Å². The zero-order valence-electron chi connectivity index (χ0n) is 17.8. The quantitative estimate of drug-likeness (QED) is 0.310. The summed E-state index contributed by atoms with van der Waals surface area (Å²) in [5.41, 5.74) is 2.31. The number of hydrogen-bond donors (Lipinski definition) is 1. The van der Waals surface area contributed by atoms with Crippen LogP contribution in [0.2, 0.25) is 0 Å². The third-order valence-corrected chi connectivity index (χ3v) is 5.19. The standard InChI is InChI=1S/C25H32N2O3/c1-20(28)19-23(25(30)27(26)18-17-22-11-6-3-7-12-22)15-16-24(29)14-8-13-21-9-4-2-5-10-21/h2-7,9-12,23H,8,13-19,26H2,1H3/t23-/m0/s1. The topological polar surface area (TPSA) is 80.5 Å². The molecule has 160 valence electrons. The number of ketones is 2. The lowest BCUT2D eigenvalue weighted by atomic mass is 9.93. The fourth-order valence-electron chi connectivity index (χ4n) is 3.49. The van der Waals surface area contributed by atoms with Crippen molar-refractivity contribution in [3.05, 3.63) is 71.8 Å². The summed E-state index contributed by atoms with van der Waals surface area (Å²) in [6, 6.07) is 19.9. The first-order valence-electron chi connectivity index (χ1n) is 10.6. The van der Waals surface area contributed by atoms with Crippen molar-refractivity contribution in [3.8, 4) is 0 Å². The average molecular weight is 409 g/mol. The highest BCUT2D eigenvalue weighted by Crippen LogP contribution is 2.17. The minimum absolute atomic E-state index is 0.0682. The summed E-state index contributed by atoms with van der Waals surface area (Å²) in [5.74, 6) is 5.23. The highest BCUT2D eigenvalue weighted by atomic mass is 16.2. The third kappa shape index (κ3) is 8.70. The molecule has 30 heavy (non-hydrogen) atoms. The Kier molecular flexibility index (Phi) is 9.95. The van der Waals surface area contributed by atoms with E-state index >= 15 is 0 Å². The summed E-state index contributed by atoms with van der Waals surface area (Å²) in [7, 11) is 0. The molecule has 0 unspecified atom stereocenters. The van der Waals surface area contributed by atoms with Crippen molar-refractivity contribution in [2.24, 2.45) is 11.8 Å². The van der Waals surface area contributed by atoms with E-state index < -0.39 is 5.92 Å². The van der Waals surface area contributed by atoms with Crippen molar-refractivity contribution < 1.29 is 14.4 Å². The molecule has 0 aliphatic heterocycles. The molecule has 2 aromatic carbocycles. The molecule has 0 fully saturated rings. The Hall–Kier alpha value is -2.79. The van der Waals surface area contributed by atoms with Gasteiger partial charge < -0.3 is 4.79 Å². The Bertz CT molecular complexity index is 806. The molecular weight excluding hydrogens is 376 g/mol. The fourth-order valence-corrected chi connectivity index (χ4v) is 3.49. The number of aryl methyl sites for hydroxylation is 1. The van der Waals surface area contributed by atoms with Crippen LogP contribution in [0.3, 0.4) is 0 Å². The molecule has 2 aromatic rings. The van der Waals surface area contributed by atoms with E-state index in [0.29, 0.717) is 32.2 Å². The van der Waals surface area contributed by atoms with Crippen molar-refractivity contribution in [1.29, 1.82) is 0 Å². The molecule has 2 N–H and O–H groups in total. The lowest BCUT2D eigenvalue weighted by molar-refractivity contribution is -0.138. The molecule has 0 spiro atoms. The number of benzene rings is 2. The van der Waals surface area contributed by atoms with Crippen LogP contribution in [0.15, 0.2) is 60.7 Å². The van der Waals surface area contributed by atoms with Gasteiger partial charge in [0, 0.05) is 31.7 Å². The first-order chi connectivity index (χ1) is 14.5. The number of carbonyl (C=O) groups is 3. The van der Waals surface area contributed by atoms with Crippen LogP contribution < -0.4 is 5.84 Å². The van der Waals surface area contributed by atoms with E-state index in [0.717, 1.165) is 18.4 Å². The molecule has 0 saturated heterocycles. The van der Waals surface area contributed by atoms with Crippen molar-refractivity contribution in [3.63, 3.8) is 0 Å². The molecule has 2 rings (SSSR count). The maximum atomic E-state index is 12.7. The predicted octanol–water partition coefficient (Wildman–Crippen LogP) is 3.90. The molecule has 0 heterocycles. The van der Waals surface area contributed by atoms with Crippen LogP contribution >= 0.6 is 0 Å². The van der Waals surface area contributed by atoms with Gasteiger partial charge in [0.25, 0.3) is 0 Å². The van der Waals surface area contributed by atoms with Gasteiger partial charge in [0.1, 0.15) is 11.6 Å². The third-order valence-electron chi connectivity index (χ3n) is 5.19. The highest BCUT2D eigenvalue weighted by molar-refractivity contribution is 5.86. The van der Waals surface area contributed by atoms with Gasteiger partial charge in [-0.15, -0.1) is 0 Å². The summed E-state index contributed by atoms with van der Waals surface area (Å²) in [4.78, 5) is 36.7. The molecule has 1 atom stereocenters. The van der Waals surface area contributed by atoms with E-state index in [1.54, 1.807) is 0 Å². The second kappa shape index (κ2) is 12.7. The van der Waals surface area contributed by atoms with E-state index in [2.05, 4.69) is 12.1 Å². The van der Waals surface area contributed by atoms with E-state index in [9.17, 15) is 14.4 Å². The normalized spacial score (nSPS) is 11.7. The van der Waals surface area contributed by atoms with E-state index in [4.69, 9.17) is 5.84 Å². The molecule has 0 aliphatic carbocycles. The summed E-state index contributed by atoms with van der Waals surface area (Å²) >= 11 is 0. The maximum Gasteiger partial charge on any atom is 0.240 e. The van der Waals surface area contributed by atoms with Crippen LogP contribution in [0, 0.1) is 5.92 Å². The van der Waals surface area contributed by atoms with Gasteiger partial charge in [-0.3, -0.25) is 14.6 Å². The minimum Gasteiger partial charge on any atom is -0.300 e. The van der Waals surface area contributed by atoms with Gasteiger partial charge in [-0.05, 0) is 43.7 Å². The second-order valence-electron chi connectivity index (χ2n) is 7.79. The Labute approximate surface area is 179 Å². The smallest absolute Gasteiger partial charge is 0.240 e. The maximum absolute atomic E-state index is 12.7. The lowest BCUT2D eigenvalue weighted by Gasteiger charge is -2.22. The molecular formula is C25H32N2O3. The molecule has 5 nitrogen and oxygen atoms in total. The number of Topliss-reactive ketones (excluding diaryl/α,β-unsaturated/α-hetero) is 2.